The lowest BCUT2D eigenvalue weighted by Crippen LogP contribution is -2.45. The van der Waals surface area contributed by atoms with Gasteiger partial charge in [0.2, 0.25) is 5.91 Å². The van der Waals surface area contributed by atoms with Crippen molar-refractivity contribution in [3.8, 4) is 0 Å². The van der Waals surface area contributed by atoms with E-state index < -0.39 is 0 Å². The van der Waals surface area contributed by atoms with Gasteiger partial charge in [0.25, 0.3) is 0 Å². The standard InChI is InChI=1S/C11H20N2O3/c1-3-4-13(5-6-14)11(15)9-7-16-8-10(9)12-2/h3,9-10,12,14H,1,4-8H2,2H3. The Hall–Kier alpha value is -0.910. The molecule has 1 aliphatic rings. The summed E-state index contributed by atoms with van der Waals surface area (Å²) in [6, 6.07) is 0.0681. The molecule has 1 fully saturated rings. The highest BCUT2D eigenvalue weighted by Gasteiger charge is 2.35. The molecule has 0 spiro atoms. The summed E-state index contributed by atoms with van der Waals surface area (Å²) in [5, 5.41) is 12.0. The summed E-state index contributed by atoms with van der Waals surface area (Å²) in [6.07, 6.45) is 1.66. The summed E-state index contributed by atoms with van der Waals surface area (Å²) < 4.78 is 5.29. The van der Waals surface area contributed by atoms with E-state index in [1.165, 1.54) is 0 Å². The highest BCUT2D eigenvalue weighted by Crippen LogP contribution is 2.16. The van der Waals surface area contributed by atoms with Crippen LogP contribution in [0.1, 0.15) is 0 Å². The van der Waals surface area contributed by atoms with Gasteiger partial charge in [-0.2, -0.15) is 0 Å². The average Bonchev–Trinajstić information content (AvgIpc) is 2.75. The number of nitrogens with zero attached hydrogens (tertiary/aromatic N) is 1. The van der Waals surface area contributed by atoms with Crippen LogP contribution in [0.2, 0.25) is 0 Å². The van der Waals surface area contributed by atoms with Crippen molar-refractivity contribution in [2.45, 2.75) is 6.04 Å². The molecule has 1 rings (SSSR count). The molecule has 1 heterocycles. The van der Waals surface area contributed by atoms with Crippen LogP contribution in [-0.4, -0.2) is 61.9 Å². The van der Waals surface area contributed by atoms with E-state index in [1.54, 1.807) is 11.0 Å². The molecule has 2 unspecified atom stereocenters. The predicted octanol–water partition coefficient (Wildman–Crippen LogP) is -0.772. The van der Waals surface area contributed by atoms with E-state index >= 15 is 0 Å². The third-order valence-corrected chi connectivity index (χ3v) is 2.80. The van der Waals surface area contributed by atoms with Crippen LogP contribution < -0.4 is 5.32 Å². The second kappa shape index (κ2) is 6.62. The summed E-state index contributed by atoms with van der Waals surface area (Å²) >= 11 is 0. The molecule has 16 heavy (non-hydrogen) atoms. The molecule has 0 saturated carbocycles. The van der Waals surface area contributed by atoms with Crippen LogP contribution >= 0.6 is 0 Å². The van der Waals surface area contributed by atoms with Crippen LogP contribution in [0.4, 0.5) is 0 Å². The van der Waals surface area contributed by atoms with Crippen LogP contribution in [0, 0.1) is 5.92 Å². The van der Waals surface area contributed by atoms with E-state index in [1.807, 2.05) is 7.05 Å². The van der Waals surface area contributed by atoms with Gasteiger partial charge in [0.05, 0.1) is 25.7 Å². The molecule has 92 valence electrons. The predicted molar refractivity (Wildman–Crippen MR) is 61.0 cm³/mol. The van der Waals surface area contributed by atoms with Crippen molar-refractivity contribution in [2.75, 3.05) is 40.0 Å². The normalized spacial score (nSPS) is 24.4. The molecule has 0 bridgehead atoms. The fourth-order valence-electron chi connectivity index (χ4n) is 1.88. The van der Waals surface area contributed by atoms with Crippen molar-refractivity contribution in [1.29, 1.82) is 0 Å². The van der Waals surface area contributed by atoms with E-state index in [4.69, 9.17) is 9.84 Å². The van der Waals surface area contributed by atoms with E-state index in [0.717, 1.165) is 0 Å². The van der Waals surface area contributed by atoms with E-state index in [2.05, 4.69) is 11.9 Å². The van der Waals surface area contributed by atoms with Crippen molar-refractivity contribution in [3.05, 3.63) is 12.7 Å². The van der Waals surface area contributed by atoms with Crippen molar-refractivity contribution < 1.29 is 14.6 Å². The van der Waals surface area contributed by atoms with Crippen LogP contribution in [0.3, 0.4) is 0 Å². The zero-order valence-corrected chi connectivity index (χ0v) is 9.69. The Morgan fingerprint density at radius 3 is 3.00 bits per heavy atom. The lowest BCUT2D eigenvalue weighted by Gasteiger charge is -2.25. The summed E-state index contributed by atoms with van der Waals surface area (Å²) in [5.41, 5.74) is 0. The smallest absolute Gasteiger partial charge is 0.230 e. The number of hydrogen-bond donors (Lipinski definition) is 2. The average molecular weight is 228 g/mol. The molecule has 1 amide bonds. The monoisotopic (exact) mass is 228 g/mol. The van der Waals surface area contributed by atoms with Gasteiger partial charge in [0.1, 0.15) is 0 Å². The van der Waals surface area contributed by atoms with Gasteiger partial charge >= 0.3 is 0 Å². The second-order valence-corrected chi connectivity index (χ2v) is 3.84. The quantitative estimate of drug-likeness (QED) is 0.586. The minimum atomic E-state index is -0.156. The summed E-state index contributed by atoms with van der Waals surface area (Å²) in [7, 11) is 1.82. The molecule has 0 aliphatic carbocycles. The lowest BCUT2D eigenvalue weighted by atomic mass is 10.0. The van der Waals surface area contributed by atoms with Gasteiger partial charge in [-0.05, 0) is 7.05 Å². The Kier molecular flexibility index (Phi) is 5.45. The minimum absolute atomic E-state index is 0.0193. The fraction of sp³-hybridized carbons (Fsp3) is 0.727. The fourth-order valence-corrected chi connectivity index (χ4v) is 1.88. The molecular formula is C11H20N2O3. The highest BCUT2D eigenvalue weighted by atomic mass is 16.5. The maximum absolute atomic E-state index is 12.1. The Balaban J connectivity index is 2.61. The molecule has 2 N–H and O–H groups in total. The summed E-state index contributed by atoms with van der Waals surface area (Å²) in [4.78, 5) is 13.7. The Morgan fingerprint density at radius 2 is 2.44 bits per heavy atom. The van der Waals surface area contributed by atoms with Crippen molar-refractivity contribution in [1.82, 2.24) is 10.2 Å². The molecule has 5 heteroatoms. The van der Waals surface area contributed by atoms with E-state index in [9.17, 15) is 4.79 Å². The third kappa shape index (κ3) is 3.04. The number of amides is 1. The van der Waals surface area contributed by atoms with Gasteiger partial charge in [-0.15, -0.1) is 6.58 Å². The summed E-state index contributed by atoms with van der Waals surface area (Å²) in [5.74, 6) is -0.137. The zero-order valence-electron chi connectivity index (χ0n) is 9.69. The molecule has 1 saturated heterocycles. The maximum Gasteiger partial charge on any atom is 0.230 e. The Bertz CT molecular complexity index is 245. The van der Waals surface area contributed by atoms with Gasteiger partial charge in [0, 0.05) is 19.1 Å². The van der Waals surface area contributed by atoms with Crippen LogP contribution in [0.15, 0.2) is 12.7 Å². The lowest BCUT2D eigenvalue weighted by molar-refractivity contribution is -0.135. The van der Waals surface area contributed by atoms with Crippen molar-refractivity contribution in [2.24, 2.45) is 5.92 Å². The first kappa shape index (κ1) is 13.2. The zero-order chi connectivity index (χ0) is 12.0. The van der Waals surface area contributed by atoms with Gasteiger partial charge in [-0.3, -0.25) is 4.79 Å². The number of nitrogens with one attached hydrogen (secondary N) is 1. The molecular weight excluding hydrogens is 208 g/mol. The number of likely N-dealkylation sites (N-methyl/N-ethyl adjacent to an activating group) is 1. The Labute approximate surface area is 96.1 Å². The number of aliphatic hydroxyl groups is 1. The van der Waals surface area contributed by atoms with Crippen LogP contribution in [0.25, 0.3) is 0 Å². The number of aliphatic hydroxyl groups excluding tert-OH is 1. The van der Waals surface area contributed by atoms with E-state index in [0.29, 0.717) is 26.3 Å². The van der Waals surface area contributed by atoms with Gasteiger partial charge in [-0.1, -0.05) is 6.08 Å². The largest absolute Gasteiger partial charge is 0.395 e. The molecule has 0 aromatic rings. The molecule has 0 radical (unpaired) electrons. The molecule has 0 aromatic carbocycles. The molecule has 5 nitrogen and oxygen atoms in total. The first-order valence-corrected chi connectivity index (χ1v) is 5.50. The highest BCUT2D eigenvalue weighted by molar-refractivity contribution is 5.80. The van der Waals surface area contributed by atoms with Gasteiger partial charge < -0.3 is 20.1 Å². The van der Waals surface area contributed by atoms with Crippen LogP contribution in [0.5, 0.6) is 0 Å². The maximum atomic E-state index is 12.1. The van der Waals surface area contributed by atoms with E-state index in [-0.39, 0.29) is 24.5 Å². The van der Waals surface area contributed by atoms with Crippen molar-refractivity contribution in [3.63, 3.8) is 0 Å². The molecule has 0 aromatic heterocycles. The third-order valence-electron chi connectivity index (χ3n) is 2.80. The number of rotatable bonds is 6. The molecule has 2 atom stereocenters. The number of carbonyl (C=O) groups is 1. The number of carbonyl (C=O) groups excluding carboxylic acids is 1. The number of ether oxygens (including phenoxy) is 1. The van der Waals surface area contributed by atoms with Gasteiger partial charge in [0.15, 0.2) is 0 Å². The van der Waals surface area contributed by atoms with Crippen molar-refractivity contribution >= 4 is 5.91 Å². The SMILES string of the molecule is C=CCN(CCO)C(=O)C1COCC1NC. The first-order chi connectivity index (χ1) is 7.74. The minimum Gasteiger partial charge on any atom is -0.395 e. The molecule has 1 aliphatic heterocycles. The number of hydrogen-bond acceptors (Lipinski definition) is 4. The topological polar surface area (TPSA) is 61.8 Å². The van der Waals surface area contributed by atoms with Crippen LogP contribution in [-0.2, 0) is 9.53 Å². The Morgan fingerprint density at radius 1 is 1.69 bits per heavy atom. The van der Waals surface area contributed by atoms with Gasteiger partial charge in [-0.25, -0.2) is 0 Å². The second-order valence-electron chi connectivity index (χ2n) is 3.84. The summed E-state index contributed by atoms with van der Waals surface area (Å²) in [6.45, 7) is 5.40. The first-order valence-electron chi connectivity index (χ1n) is 5.50.